The minimum Gasteiger partial charge on any atom is -0.322 e. The zero-order valence-corrected chi connectivity index (χ0v) is 2.76. The fraction of sp³-hybridized carbons (Fsp3) is 0. The highest BCUT2D eigenvalue weighted by Gasteiger charge is 1.41. The van der Waals surface area contributed by atoms with E-state index in [1.54, 1.807) is 0 Å². The van der Waals surface area contributed by atoms with Crippen LogP contribution in [0.4, 0.5) is 0 Å². The van der Waals surface area contributed by atoms with Crippen LogP contribution in [0.5, 0.6) is 0 Å². The van der Waals surface area contributed by atoms with Crippen molar-refractivity contribution >= 4 is 13.1 Å². The van der Waals surface area contributed by atoms with E-state index in [0.717, 1.165) is 0 Å². The van der Waals surface area contributed by atoms with Crippen molar-refractivity contribution in [2.45, 2.75) is 0 Å². The molecule has 0 saturated heterocycles. The quantitative estimate of drug-likeness (QED) is 0.194. The maximum Gasteiger partial charge on any atom is 0.134 e. The van der Waals surface area contributed by atoms with E-state index in [4.69, 9.17) is 0 Å². The van der Waals surface area contributed by atoms with Crippen molar-refractivity contribution in [3.8, 4) is 0 Å². The van der Waals surface area contributed by atoms with Crippen molar-refractivity contribution in [2.24, 2.45) is 15.9 Å². The first-order chi connectivity index (χ1) is 2.41. The van der Waals surface area contributed by atoms with Crippen LogP contribution in [-0.2, 0) is 0 Å². The van der Waals surface area contributed by atoms with Gasteiger partial charge in [0, 0.05) is 0 Å². The summed E-state index contributed by atoms with van der Waals surface area (Å²) in [5.41, 5.74) is 0. The van der Waals surface area contributed by atoms with Gasteiger partial charge in [0.15, 0.2) is 0 Å². The summed E-state index contributed by atoms with van der Waals surface area (Å²) in [5.74, 6) is 4.57. The molecule has 0 fully saturated rings. The van der Waals surface area contributed by atoms with Crippen molar-refractivity contribution < 1.29 is 0 Å². The molecule has 0 aliphatic rings. The highest BCUT2D eigenvalue weighted by Crippen LogP contribution is 1.41. The largest absolute Gasteiger partial charge is 0.322 e. The number of rotatable bonds is 1. The molecule has 0 rings (SSSR count). The molecular weight excluding hydrogens is 66.0 g/mol. The molecule has 0 bridgehead atoms. The average Bonchev–Trinajstić information content (AvgIpc) is 1.41. The van der Waals surface area contributed by atoms with E-state index in [0.29, 0.717) is 0 Å². The molecule has 5 heavy (non-hydrogen) atoms. The van der Waals surface area contributed by atoms with Gasteiger partial charge in [0.1, 0.15) is 6.34 Å². The van der Waals surface area contributed by atoms with Crippen LogP contribution < -0.4 is 5.84 Å². The second kappa shape index (κ2) is 3.14. The first kappa shape index (κ1) is 4.14. The van der Waals surface area contributed by atoms with Crippen molar-refractivity contribution in [1.29, 1.82) is 0 Å². The van der Waals surface area contributed by atoms with Gasteiger partial charge < -0.3 is 5.84 Å². The molecular formula is C2H5N3. The zero-order chi connectivity index (χ0) is 4.12. The van der Waals surface area contributed by atoms with Gasteiger partial charge in [0.05, 0.1) is 0 Å². The standard InChI is InChI=1S/C2H5N3/c1-4-2-5-3/h2H,1,3H2. The molecule has 0 aromatic heterocycles. The van der Waals surface area contributed by atoms with E-state index in [1.807, 2.05) is 0 Å². The third kappa shape index (κ3) is 3.14. The van der Waals surface area contributed by atoms with Crippen molar-refractivity contribution in [3.05, 3.63) is 0 Å². The molecule has 0 saturated carbocycles. The Kier molecular flexibility index (Phi) is 2.60. The molecule has 0 aromatic carbocycles. The highest BCUT2D eigenvalue weighted by molar-refractivity contribution is 5.61. The Morgan fingerprint density at radius 2 is 2.40 bits per heavy atom. The summed E-state index contributed by atoms with van der Waals surface area (Å²) in [6.07, 6.45) is 1.17. The van der Waals surface area contributed by atoms with Crippen LogP contribution in [0.15, 0.2) is 10.1 Å². The molecule has 0 heterocycles. The summed E-state index contributed by atoms with van der Waals surface area (Å²) in [6.45, 7) is 3.07. The van der Waals surface area contributed by atoms with Crippen molar-refractivity contribution in [1.82, 2.24) is 0 Å². The summed E-state index contributed by atoms with van der Waals surface area (Å²) >= 11 is 0. The summed E-state index contributed by atoms with van der Waals surface area (Å²) < 4.78 is 0. The van der Waals surface area contributed by atoms with E-state index in [2.05, 4.69) is 22.7 Å². The fourth-order valence-electron chi connectivity index (χ4n) is 0.0471. The number of hydrogen-bond acceptors (Lipinski definition) is 2. The molecule has 0 atom stereocenters. The predicted molar refractivity (Wildman–Crippen MR) is 22.2 cm³/mol. The van der Waals surface area contributed by atoms with Gasteiger partial charge in [-0.05, 0) is 6.72 Å². The molecule has 0 spiro atoms. The minimum atomic E-state index is 1.17. The molecule has 0 amide bonds. The monoisotopic (exact) mass is 71.0 g/mol. The maximum atomic E-state index is 4.57. The molecule has 0 aromatic rings. The lowest BCUT2D eigenvalue weighted by Gasteiger charge is -1.60. The topological polar surface area (TPSA) is 50.7 Å². The van der Waals surface area contributed by atoms with Gasteiger partial charge in [0.25, 0.3) is 0 Å². The SMILES string of the molecule is C=NC=NN. The Morgan fingerprint density at radius 1 is 1.80 bits per heavy atom. The minimum absolute atomic E-state index is 1.17. The molecule has 0 aliphatic carbocycles. The number of aliphatic imine (C=N–C) groups is 1. The van der Waals surface area contributed by atoms with E-state index in [-0.39, 0.29) is 0 Å². The van der Waals surface area contributed by atoms with Crippen LogP contribution in [0.25, 0.3) is 0 Å². The van der Waals surface area contributed by atoms with E-state index >= 15 is 0 Å². The van der Waals surface area contributed by atoms with Gasteiger partial charge in [-0.3, -0.25) is 4.99 Å². The summed E-state index contributed by atoms with van der Waals surface area (Å²) in [7, 11) is 0. The van der Waals surface area contributed by atoms with E-state index in [9.17, 15) is 0 Å². The van der Waals surface area contributed by atoms with Gasteiger partial charge in [-0.25, -0.2) is 0 Å². The summed E-state index contributed by atoms with van der Waals surface area (Å²) in [4.78, 5) is 3.19. The van der Waals surface area contributed by atoms with Gasteiger partial charge in [-0.2, -0.15) is 5.10 Å². The van der Waals surface area contributed by atoms with E-state index in [1.165, 1.54) is 6.34 Å². The Hall–Kier alpha value is -0.860. The first-order valence-electron chi connectivity index (χ1n) is 1.09. The van der Waals surface area contributed by atoms with Gasteiger partial charge in [-0.15, -0.1) is 0 Å². The predicted octanol–water partition coefficient (Wildman–Crippen LogP) is -0.411. The van der Waals surface area contributed by atoms with Crippen LogP contribution >= 0.6 is 0 Å². The fourth-order valence-corrected chi connectivity index (χ4v) is 0.0471. The van der Waals surface area contributed by atoms with Gasteiger partial charge >= 0.3 is 0 Å². The number of hydrazone groups is 1. The lowest BCUT2D eigenvalue weighted by molar-refractivity contribution is 1.26. The molecule has 2 N–H and O–H groups in total. The van der Waals surface area contributed by atoms with Crippen LogP contribution in [-0.4, -0.2) is 13.1 Å². The summed E-state index contributed by atoms with van der Waals surface area (Å²) in [6, 6.07) is 0. The zero-order valence-electron chi connectivity index (χ0n) is 2.76. The van der Waals surface area contributed by atoms with Crippen molar-refractivity contribution in [2.75, 3.05) is 0 Å². The third-order valence-corrected chi connectivity index (χ3v) is 0.148. The van der Waals surface area contributed by atoms with Crippen LogP contribution in [0, 0.1) is 0 Å². The van der Waals surface area contributed by atoms with Crippen molar-refractivity contribution in [3.63, 3.8) is 0 Å². The van der Waals surface area contributed by atoms with E-state index < -0.39 is 0 Å². The smallest absolute Gasteiger partial charge is 0.134 e. The first-order valence-corrected chi connectivity index (χ1v) is 1.09. The number of hydrogen-bond donors (Lipinski definition) is 1. The molecule has 28 valence electrons. The molecule has 0 unspecified atom stereocenters. The average molecular weight is 71.1 g/mol. The van der Waals surface area contributed by atoms with Crippen LogP contribution in [0.3, 0.4) is 0 Å². The third-order valence-electron chi connectivity index (χ3n) is 0.148. The lowest BCUT2D eigenvalue weighted by Crippen LogP contribution is -1.76. The molecule has 0 radical (unpaired) electrons. The number of nitrogens with zero attached hydrogens (tertiary/aromatic N) is 2. The second-order valence-electron chi connectivity index (χ2n) is 0.447. The highest BCUT2D eigenvalue weighted by atomic mass is 15.1. The molecule has 0 aliphatic heterocycles. The van der Waals surface area contributed by atoms with Gasteiger partial charge in [-0.1, -0.05) is 0 Å². The lowest BCUT2D eigenvalue weighted by atomic mass is 11.3. The molecule has 3 nitrogen and oxygen atoms in total. The normalized spacial score (nSPS) is 8.80. The summed E-state index contributed by atoms with van der Waals surface area (Å²) in [5, 5.41) is 3.00. The number of nitrogens with two attached hydrogens (primary N) is 1. The Labute approximate surface area is 30.2 Å². The Morgan fingerprint density at radius 3 is 2.40 bits per heavy atom. The Bertz CT molecular complexity index is 46.9. The van der Waals surface area contributed by atoms with Crippen LogP contribution in [0.1, 0.15) is 0 Å². The van der Waals surface area contributed by atoms with Crippen LogP contribution in [0.2, 0.25) is 0 Å². The Balaban J connectivity index is 2.92. The maximum absolute atomic E-state index is 4.57. The van der Waals surface area contributed by atoms with Gasteiger partial charge in [0.2, 0.25) is 0 Å². The second-order valence-corrected chi connectivity index (χ2v) is 0.447. The molecule has 3 heteroatoms.